The van der Waals surface area contributed by atoms with E-state index in [4.69, 9.17) is 47.0 Å². The first-order chi connectivity index (χ1) is 28.8. The molecule has 2 N–H and O–H groups in total. The Morgan fingerprint density at radius 3 is 2.08 bits per heavy atom. The summed E-state index contributed by atoms with van der Waals surface area (Å²) in [6.45, 7) is 16.0. The summed E-state index contributed by atoms with van der Waals surface area (Å²) in [7, 11) is 1.19. The minimum Gasteiger partial charge on any atom is -0.511 e. The van der Waals surface area contributed by atoms with Crippen LogP contribution in [0.5, 0.6) is 0 Å². The van der Waals surface area contributed by atoms with E-state index in [-0.39, 0.29) is 17.6 Å². The molecular formula is C44H54O18. The second kappa shape index (κ2) is 13.4. The Labute approximate surface area is 357 Å². The maximum Gasteiger partial charge on any atom is 0.338 e. The van der Waals surface area contributed by atoms with Gasteiger partial charge in [0.1, 0.15) is 23.6 Å². The Balaban J connectivity index is 1.62. The number of allylic oxidation sites excluding steroid dienone is 2. The lowest BCUT2D eigenvalue weighted by molar-refractivity contribution is -0.490. The van der Waals surface area contributed by atoms with E-state index >= 15 is 0 Å². The van der Waals surface area contributed by atoms with Crippen LogP contribution in [0.15, 0.2) is 46.0 Å². The molecular weight excluding hydrogens is 816 g/mol. The number of aliphatic hydroxyl groups excluding tert-OH is 1. The van der Waals surface area contributed by atoms with Gasteiger partial charge in [-0.1, -0.05) is 40.7 Å². The van der Waals surface area contributed by atoms with E-state index in [0.717, 1.165) is 20.8 Å². The predicted molar refractivity (Wildman–Crippen MR) is 205 cm³/mol. The summed E-state index contributed by atoms with van der Waals surface area (Å²) in [5.74, 6) is -11.9. The molecule has 2 spiro atoms. The molecule has 0 radical (unpaired) electrons. The first kappa shape index (κ1) is 43.9. The van der Waals surface area contributed by atoms with Crippen molar-refractivity contribution in [2.24, 2.45) is 34.0 Å². The number of aliphatic hydroxyl groups is 2. The zero-order valence-electron chi connectivity index (χ0n) is 36.8. The molecule has 4 heterocycles. The number of carbonyl (C=O) groups is 6. The van der Waals surface area contributed by atoms with Crippen LogP contribution in [-0.4, -0.2) is 106 Å². The molecule has 338 valence electrons. The van der Waals surface area contributed by atoms with E-state index in [1.807, 2.05) is 0 Å². The number of furan rings is 1. The Bertz CT molecular complexity index is 2230. The third-order valence-corrected chi connectivity index (χ3v) is 15.6. The number of ether oxygens (including phenoxy) is 9. The van der Waals surface area contributed by atoms with Gasteiger partial charge in [0.2, 0.25) is 0 Å². The van der Waals surface area contributed by atoms with Crippen molar-refractivity contribution in [3.05, 3.63) is 47.1 Å². The largest absolute Gasteiger partial charge is 0.511 e. The highest BCUT2D eigenvalue weighted by atomic mass is 16.9. The van der Waals surface area contributed by atoms with Gasteiger partial charge in [-0.2, -0.15) is 0 Å². The maximum atomic E-state index is 15.0. The molecule has 3 unspecified atom stereocenters. The molecule has 15 atom stereocenters. The standard InChI is InChI=1S/C44H54O18/c1-13-20(4)33(50)59-35-37(8)18-41-39(10,25(37)16-26(48)53-12)44-32(56-22(6)46)31(55-21(5)45)38(9)29(27(28(49)19(2)3)34(51)58-30(38)24-14-15-54-17-24)43(44,61-40(11,60-41)62-44)36(42(35,41)52)57-23(7)47/h13-15,17,19,25,29-32,35-36,49,52H,16,18H2,1-12H3/b20-13+,28-27-/t25-,29+,30-,31?,32?,35-,36+,37+,38+,39+,40+,41+,42?,43+,44-/m0/s1. The van der Waals surface area contributed by atoms with Gasteiger partial charge in [0.05, 0.1) is 30.6 Å². The molecule has 7 aliphatic rings. The number of hydrogen-bond acceptors (Lipinski definition) is 18. The maximum absolute atomic E-state index is 15.0. The van der Waals surface area contributed by atoms with Crippen LogP contribution in [0, 0.1) is 34.0 Å². The van der Waals surface area contributed by atoms with E-state index in [2.05, 4.69) is 0 Å². The zero-order valence-corrected chi connectivity index (χ0v) is 36.8. The van der Waals surface area contributed by atoms with Crippen molar-refractivity contribution in [3.63, 3.8) is 0 Å². The van der Waals surface area contributed by atoms with E-state index < -0.39 is 146 Å². The summed E-state index contributed by atoms with van der Waals surface area (Å²) in [6.07, 6.45) is -5.28. The Kier molecular flexibility index (Phi) is 9.46. The normalized spacial score (nSPS) is 46.3. The molecule has 62 heavy (non-hydrogen) atoms. The van der Waals surface area contributed by atoms with Gasteiger partial charge in [-0.15, -0.1) is 0 Å². The quantitative estimate of drug-likeness (QED) is 0.154. The monoisotopic (exact) mass is 870 g/mol. The van der Waals surface area contributed by atoms with Crippen molar-refractivity contribution < 1.29 is 86.0 Å². The molecule has 3 saturated heterocycles. The van der Waals surface area contributed by atoms with Gasteiger partial charge >= 0.3 is 35.8 Å². The summed E-state index contributed by atoms with van der Waals surface area (Å²) in [5, 5.41) is 26.6. The number of rotatable bonds is 9. The summed E-state index contributed by atoms with van der Waals surface area (Å²) in [6, 6.07) is 1.50. The lowest BCUT2D eigenvalue weighted by atomic mass is 9.32. The van der Waals surface area contributed by atoms with Crippen LogP contribution in [0.2, 0.25) is 0 Å². The lowest BCUT2D eigenvalue weighted by Gasteiger charge is -2.78. The summed E-state index contributed by atoms with van der Waals surface area (Å²) in [5.41, 5.74) is -15.1. The minimum atomic E-state index is -2.66. The molecule has 8 rings (SSSR count). The zero-order chi connectivity index (χ0) is 45.7. The molecule has 18 heteroatoms. The van der Waals surface area contributed by atoms with Crippen molar-refractivity contribution in [2.75, 3.05) is 7.11 Å². The van der Waals surface area contributed by atoms with Gasteiger partial charge in [-0.3, -0.25) is 19.2 Å². The third-order valence-electron chi connectivity index (χ3n) is 15.6. The molecule has 1 aromatic rings. The summed E-state index contributed by atoms with van der Waals surface area (Å²) >= 11 is 0. The van der Waals surface area contributed by atoms with Crippen molar-refractivity contribution in [3.8, 4) is 0 Å². The molecule has 4 aliphatic carbocycles. The molecule has 1 aromatic heterocycles. The predicted octanol–water partition coefficient (Wildman–Crippen LogP) is 3.98. The highest BCUT2D eigenvalue weighted by Gasteiger charge is 3.07. The van der Waals surface area contributed by atoms with Crippen molar-refractivity contribution >= 4 is 35.8 Å². The number of methoxy groups -OCH3 is 1. The average molecular weight is 871 g/mol. The second-order valence-corrected chi connectivity index (χ2v) is 19.0. The third kappa shape index (κ3) is 4.78. The smallest absolute Gasteiger partial charge is 0.338 e. The molecule has 18 nitrogen and oxygen atoms in total. The van der Waals surface area contributed by atoms with Gasteiger partial charge in [0.25, 0.3) is 5.97 Å². The first-order valence-corrected chi connectivity index (χ1v) is 20.7. The molecule has 4 saturated carbocycles. The number of fused-ring (bicyclic) bond motifs is 3. The van der Waals surface area contributed by atoms with E-state index in [0.29, 0.717) is 0 Å². The van der Waals surface area contributed by atoms with Crippen LogP contribution in [0.3, 0.4) is 0 Å². The fourth-order valence-corrected chi connectivity index (χ4v) is 13.8. The van der Waals surface area contributed by atoms with E-state index in [1.54, 1.807) is 41.5 Å². The van der Waals surface area contributed by atoms with Crippen LogP contribution in [0.1, 0.15) is 101 Å². The fraction of sp³-hybridized carbons (Fsp3) is 0.682. The molecule has 3 aliphatic heterocycles. The number of esters is 6. The lowest BCUT2D eigenvalue weighted by Crippen LogP contribution is -2.97. The first-order valence-electron chi connectivity index (χ1n) is 20.7. The topological polar surface area (TPSA) is 239 Å². The summed E-state index contributed by atoms with van der Waals surface area (Å²) < 4.78 is 64.2. The van der Waals surface area contributed by atoms with Crippen molar-refractivity contribution in [1.29, 1.82) is 0 Å². The van der Waals surface area contributed by atoms with Gasteiger partial charge in [-0.05, 0) is 32.3 Å². The molecule has 4 bridgehead atoms. The van der Waals surface area contributed by atoms with Crippen LogP contribution in [0.4, 0.5) is 0 Å². The fourth-order valence-electron chi connectivity index (χ4n) is 13.8. The van der Waals surface area contributed by atoms with Gasteiger partial charge in [-0.25, -0.2) is 9.59 Å². The van der Waals surface area contributed by atoms with Crippen molar-refractivity contribution in [2.45, 2.75) is 148 Å². The Hall–Kier alpha value is -4.78. The average Bonchev–Trinajstić information content (AvgIpc) is 3.88. The second-order valence-electron chi connectivity index (χ2n) is 19.0. The van der Waals surface area contributed by atoms with Crippen LogP contribution < -0.4 is 0 Å². The molecule has 0 amide bonds. The number of carbonyl (C=O) groups excluding carboxylic acids is 6. The van der Waals surface area contributed by atoms with Crippen LogP contribution >= 0.6 is 0 Å². The SMILES string of the molecule is C/C=C(\C)C(=O)O[C@@H]1C2(O)[C@@H](OC(C)=O)[C@@]34O[C@]5(C)O[C@@]3(C(OC(C)=O)C(OC(C)=O)[C@]3(C)[C@H]4/C(=C(/O)C(C)C)C(=O)O[C@H]3c3ccoc3)[C@]3(C)[C@@H](CC(=O)OC)[C@@]1(C)C[C@]23O5. The van der Waals surface area contributed by atoms with E-state index in [1.165, 1.54) is 45.6 Å². The highest BCUT2D eigenvalue weighted by molar-refractivity contribution is 5.92. The van der Waals surface area contributed by atoms with Crippen molar-refractivity contribution in [1.82, 2.24) is 0 Å². The van der Waals surface area contributed by atoms with Gasteiger partial charge in [0.15, 0.2) is 35.1 Å². The van der Waals surface area contributed by atoms with E-state index in [9.17, 15) is 39.0 Å². The van der Waals surface area contributed by atoms with Gasteiger partial charge < -0.3 is 57.3 Å². The van der Waals surface area contributed by atoms with Crippen LogP contribution in [-0.2, 0) is 71.4 Å². The van der Waals surface area contributed by atoms with Gasteiger partial charge in [0, 0.05) is 67.9 Å². The summed E-state index contributed by atoms with van der Waals surface area (Å²) in [4.78, 5) is 84.1. The van der Waals surface area contributed by atoms with Crippen LogP contribution in [0.25, 0.3) is 0 Å². The highest BCUT2D eigenvalue weighted by Crippen LogP contribution is 2.90. The minimum absolute atomic E-state index is 0.159. The number of cyclic esters (lactones) is 1. The molecule has 0 aromatic carbocycles. The Morgan fingerprint density at radius 2 is 1.53 bits per heavy atom. The number of hydrogen-bond donors (Lipinski definition) is 2. The molecule has 7 fully saturated rings. The Morgan fingerprint density at radius 1 is 0.903 bits per heavy atom.